The summed E-state index contributed by atoms with van der Waals surface area (Å²) in [6.45, 7) is 1.11. The van der Waals surface area contributed by atoms with E-state index >= 15 is 0 Å². The Balaban J connectivity index is 3.64. The molecule has 2 unspecified atom stereocenters. The summed E-state index contributed by atoms with van der Waals surface area (Å²) in [4.78, 5) is 10.7. The summed E-state index contributed by atoms with van der Waals surface area (Å²) in [5, 5.41) is 16.5. The van der Waals surface area contributed by atoms with Crippen molar-refractivity contribution in [1.29, 1.82) is 0 Å². The standard InChI is InChI=1S/C6H11ClO4/c1-4(7)5(9)6(10)11-3-2-8/h4-5,8-9H,2-3H2,1H3. The molecular weight excluding hydrogens is 172 g/mol. The Morgan fingerprint density at radius 1 is 1.73 bits per heavy atom. The maximum atomic E-state index is 10.7. The van der Waals surface area contributed by atoms with Gasteiger partial charge in [0.15, 0.2) is 6.10 Å². The van der Waals surface area contributed by atoms with Crippen molar-refractivity contribution in [3.05, 3.63) is 0 Å². The number of ether oxygens (including phenoxy) is 1. The number of halogens is 1. The van der Waals surface area contributed by atoms with E-state index in [1.165, 1.54) is 6.92 Å². The summed E-state index contributed by atoms with van der Waals surface area (Å²) in [7, 11) is 0. The van der Waals surface area contributed by atoms with E-state index in [1.54, 1.807) is 0 Å². The molecule has 0 fully saturated rings. The smallest absolute Gasteiger partial charge is 0.336 e. The lowest BCUT2D eigenvalue weighted by Gasteiger charge is -2.10. The van der Waals surface area contributed by atoms with Crippen LogP contribution < -0.4 is 0 Å². The molecular formula is C6H11ClO4. The molecule has 0 aliphatic rings. The van der Waals surface area contributed by atoms with E-state index in [0.717, 1.165) is 0 Å². The van der Waals surface area contributed by atoms with Crippen LogP contribution in [-0.2, 0) is 9.53 Å². The second kappa shape index (κ2) is 5.35. The van der Waals surface area contributed by atoms with Gasteiger partial charge in [0, 0.05) is 0 Å². The molecule has 0 spiro atoms. The third-order valence-corrected chi connectivity index (χ3v) is 1.25. The Labute approximate surface area is 69.7 Å². The number of rotatable bonds is 4. The first-order chi connectivity index (χ1) is 5.09. The van der Waals surface area contributed by atoms with E-state index in [-0.39, 0.29) is 13.2 Å². The van der Waals surface area contributed by atoms with Gasteiger partial charge in [0.1, 0.15) is 6.61 Å². The van der Waals surface area contributed by atoms with Gasteiger partial charge in [-0.3, -0.25) is 0 Å². The van der Waals surface area contributed by atoms with Crippen molar-refractivity contribution < 1.29 is 19.7 Å². The predicted octanol–water partition coefficient (Wildman–Crippen LogP) is -0.490. The molecule has 0 heterocycles. The summed E-state index contributed by atoms with van der Waals surface area (Å²) < 4.78 is 4.39. The van der Waals surface area contributed by atoms with Crippen LogP contribution in [0, 0.1) is 0 Å². The highest BCUT2D eigenvalue weighted by Gasteiger charge is 2.21. The third kappa shape index (κ3) is 4.19. The molecule has 0 aliphatic carbocycles. The fraction of sp³-hybridized carbons (Fsp3) is 0.833. The Morgan fingerprint density at radius 2 is 2.27 bits per heavy atom. The van der Waals surface area contributed by atoms with Crippen molar-refractivity contribution in [3.8, 4) is 0 Å². The van der Waals surface area contributed by atoms with Crippen molar-refractivity contribution in [2.45, 2.75) is 18.4 Å². The van der Waals surface area contributed by atoms with Gasteiger partial charge in [0.05, 0.1) is 12.0 Å². The second-order valence-corrected chi connectivity index (χ2v) is 2.70. The Kier molecular flexibility index (Phi) is 5.19. The first-order valence-electron chi connectivity index (χ1n) is 3.19. The molecule has 11 heavy (non-hydrogen) atoms. The van der Waals surface area contributed by atoms with Crippen molar-refractivity contribution in [1.82, 2.24) is 0 Å². The fourth-order valence-corrected chi connectivity index (χ4v) is 0.522. The average molecular weight is 183 g/mol. The van der Waals surface area contributed by atoms with Gasteiger partial charge in [0.2, 0.25) is 0 Å². The molecule has 0 saturated carbocycles. The number of hydrogen-bond acceptors (Lipinski definition) is 4. The van der Waals surface area contributed by atoms with Crippen LogP contribution in [0.4, 0.5) is 0 Å². The van der Waals surface area contributed by atoms with Gasteiger partial charge >= 0.3 is 5.97 Å². The monoisotopic (exact) mass is 182 g/mol. The van der Waals surface area contributed by atoms with E-state index in [1.807, 2.05) is 0 Å². The van der Waals surface area contributed by atoms with Gasteiger partial charge in [-0.15, -0.1) is 11.6 Å². The van der Waals surface area contributed by atoms with Gasteiger partial charge in [-0.1, -0.05) is 0 Å². The summed E-state index contributed by atoms with van der Waals surface area (Å²) in [6.07, 6.45) is -1.32. The summed E-state index contributed by atoms with van der Waals surface area (Å²) in [5.41, 5.74) is 0. The molecule has 0 bridgehead atoms. The van der Waals surface area contributed by atoms with E-state index in [2.05, 4.69) is 4.74 Å². The Hall–Kier alpha value is -0.320. The quantitative estimate of drug-likeness (QED) is 0.455. The third-order valence-electron chi connectivity index (χ3n) is 1.01. The van der Waals surface area contributed by atoms with Gasteiger partial charge in [0.25, 0.3) is 0 Å². The lowest BCUT2D eigenvalue weighted by Crippen LogP contribution is -2.30. The fourth-order valence-electron chi connectivity index (χ4n) is 0.419. The molecule has 0 radical (unpaired) electrons. The number of aliphatic hydroxyl groups excluding tert-OH is 2. The first kappa shape index (κ1) is 10.7. The van der Waals surface area contributed by atoms with E-state index in [9.17, 15) is 4.79 Å². The maximum absolute atomic E-state index is 10.7. The van der Waals surface area contributed by atoms with Crippen molar-refractivity contribution in [3.63, 3.8) is 0 Å². The number of aliphatic hydroxyl groups is 2. The van der Waals surface area contributed by atoms with Crippen LogP contribution in [-0.4, -0.2) is 40.9 Å². The van der Waals surface area contributed by atoms with Crippen LogP contribution in [0.25, 0.3) is 0 Å². The molecule has 5 heteroatoms. The minimum Gasteiger partial charge on any atom is -0.461 e. The maximum Gasteiger partial charge on any atom is 0.336 e. The minimum absolute atomic E-state index is 0.112. The molecule has 0 aliphatic heterocycles. The number of alkyl halides is 1. The van der Waals surface area contributed by atoms with Crippen molar-refractivity contribution in [2.75, 3.05) is 13.2 Å². The SMILES string of the molecule is CC(Cl)C(O)C(=O)OCCO. The van der Waals surface area contributed by atoms with Crippen LogP contribution in [0.1, 0.15) is 6.92 Å². The largest absolute Gasteiger partial charge is 0.461 e. The molecule has 0 rings (SSSR count). The van der Waals surface area contributed by atoms with Gasteiger partial charge in [-0.2, -0.15) is 0 Å². The predicted molar refractivity (Wildman–Crippen MR) is 39.4 cm³/mol. The van der Waals surface area contributed by atoms with Gasteiger partial charge in [-0.25, -0.2) is 4.79 Å². The zero-order valence-electron chi connectivity index (χ0n) is 6.16. The minimum atomic E-state index is -1.32. The van der Waals surface area contributed by atoms with Crippen molar-refractivity contribution >= 4 is 17.6 Å². The van der Waals surface area contributed by atoms with Crippen LogP contribution in [0.2, 0.25) is 0 Å². The molecule has 0 aromatic rings. The van der Waals surface area contributed by atoms with E-state index < -0.39 is 17.5 Å². The highest BCUT2D eigenvalue weighted by molar-refractivity contribution is 6.22. The van der Waals surface area contributed by atoms with Gasteiger partial charge in [-0.05, 0) is 6.92 Å². The topological polar surface area (TPSA) is 66.8 Å². The van der Waals surface area contributed by atoms with Crippen LogP contribution in [0.15, 0.2) is 0 Å². The van der Waals surface area contributed by atoms with Crippen LogP contribution >= 0.6 is 11.6 Å². The Bertz CT molecular complexity index is 126. The molecule has 2 N–H and O–H groups in total. The number of carbonyl (C=O) groups is 1. The summed E-state index contributed by atoms with van der Waals surface area (Å²) >= 11 is 5.39. The number of hydrogen-bond donors (Lipinski definition) is 2. The van der Waals surface area contributed by atoms with Crippen LogP contribution in [0.5, 0.6) is 0 Å². The zero-order chi connectivity index (χ0) is 8.85. The lowest BCUT2D eigenvalue weighted by atomic mass is 10.3. The molecule has 0 aromatic heterocycles. The molecule has 2 atom stereocenters. The van der Waals surface area contributed by atoms with Crippen molar-refractivity contribution in [2.24, 2.45) is 0 Å². The normalized spacial score (nSPS) is 15.6. The number of esters is 1. The number of carbonyl (C=O) groups excluding carboxylic acids is 1. The molecule has 0 aromatic carbocycles. The molecule has 0 amide bonds. The van der Waals surface area contributed by atoms with Gasteiger partial charge < -0.3 is 14.9 Å². The highest BCUT2D eigenvalue weighted by atomic mass is 35.5. The Morgan fingerprint density at radius 3 is 2.64 bits per heavy atom. The molecule has 66 valence electrons. The van der Waals surface area contributed by atoms with Crippen LogP contribution in [0.3, 0.4) is 0 Å². The highest BCUT2D eigenvalue weighted by Crippen LogP contribution is 2.02. The van der Waals surface area contributed by atoms with E-state index in [0.29, 0.717) is 0 Å². The first-order valence-corrected chi connectivity index (χ1v) is 3.63. The molecule has 0 saturated heterocycles. The summed E-state index contributed by atoms with van der Waals surface area (Å²) in [5.74, 6) is -0.804. The lowest BCUT2D eigenvalue weighted by molar-refractivity contribution is -0.154. The van der Waals surface area contributed by atoms with E-state index in [4.69, 9.17) is 21.8 Å². The second-order valence-electron chi connectivity index (χ2n) is 2.01. The average Bonchev–Trinajstić information content (AvgIpc) is 1.98. The zero-order valence-corrected chi connectivity index (χ0v) is 6.91. The molecule has 4 nitrogen and oxygen atoms in total. The summed E-state index contributed by atoms with van der Waals surface area (Å²) in [6, 6.07) is 0.